The Morgan fingerprint density at radius 1 is 1.29 bits per heavy atom. The van der Waals surface area contributed by atoms with Gasteiger partial charge >= 0.3 is 0 Å². The number of allylic oxidation sites excluding steroid dienone is 1. The molecule has 1 heteroatoms. The van der Waals surface area contributed by atoms with Crippen LogP contribution in [0.2, 0.25) is 0 Å². The normalized spacial score (nSPS) is 13.3. The number of aliphatic hydroxyl groups excluding tert-OH is 1. The molecule has 0 aromatic heterocycles. The van der Waals surface area contributed by atoms with E-state index in [-0.39, 0.29) is 0 Å². The summed E-state index contributed by atoms with van der Waals surface area (Å²) in [5.41, 5.74) is 0.959. The minimum Gasteiger partial charge on any atom is -0.384 e. The van der Waals surface area contributed by atoms with Gasteiger partial charge in [0.1, 0.15) is 0 Å². The van der Waals surface area contributed by atoms with Crippen LogP contribution in [0.5, 0.6) is 0 Å². The zero-order valence-electron chi connectivity index (χ0n) is 8.69. The average molecular weight is 190 g/mol. The first kappa shape index (κ1) is 11.0. The van der Waals surface area contributed by atoms with Gasteiger partial charge in [-0.3, -0.25) is 0 Å². The van der Waals surface area contributed by atoms with Gasteiger partial charge in [-0.2, -0.15) is 0 Å². The van der Waals surface area contributed by atoms with Crippen molar-refractivity contribution < 1.29 is 5.11 Å². The standard InChI is InChI=1S/C13H18O/c1-2-3-4-8-11-13(14)12-9-6-5-7-10-12/h5-11,13-14H,2-4H2,1H3/b11-8+. The summed E-state index contributed by atoms with van der Waals surface area (Å²) in [4.78, 5) is 0. The van der Waals surface area contributed by atoms with Gasteiger partial charge in [0, 0.05) is 0 Å². The molecule has 0 saturated carbocycles. The number of unbranched alkanes of at least 4 members (excludes halogenated alkanes) is 2. The van der Waals surface area contributed by atoms with E-state index in [1.807, 2.05) is 36.4 Å². The third-order valence-electron chi connectivity index (χ3n) is 2.18. The van der Waals surface area contributed by atoms with E-state index in [9.17, 15) is 5.11 Å². The van der Waals surface area contributed by atoms with Crippen LogP contribution in [0, 0.1) is 0 Å². The van der Waals surface area contributed by atoms with E-state index >= 15 is 0 Å². The lowest BCUT2D eigenvalue weighted by Crippen LogP contribution is -1.91. The van der Waals surface area contributed by atoms with E-state index in [4.69, 9.17) is 0 Å². The van der Waals surface area contributed by atoms with Crippen LogP contribution in [0.3, 0.4) is 0 Å². The summed E-state index contributed by atoms with van der Waals surface area (Å²) < 4.78 is 0. The quantitative estimate of drug-likeness (QED) is 0.557. The molecule has 0 radical (unpaired) electrons. The fraction of sp³-hybridized carbons (Fsp3) is 0.385. The molecule has 0 spiro atoms. The van der Waals surface area contributed by atoms with Crippen LogP contribution >= 0.6 is 0 Å². The van der Waals surface area contributed by atoms with E-state index in [0.717, 1.165) is 12.0 Å². The molecular formula is C13H18O. The molecule has 0 aliphatic rings. The van der Waals surface area contributed by atoms with E-state index in [2.05, 4.69) is 13.0 Å². The number of hydrogen-bond donors (Lipinski definition) is 1. The van der Waals surface area contributed by atoms with Crippen molar-refractivity contribution in [1.29, 1.82) is 0 Å². The van der Waals surface area contributed by atoms with Crippen molar-refractivity contribution in [3.8, 4) is 0 Å². The molecule has 1 nitrogen and oxygen atoms in total. The minimum absolute atomic E-state index is 0.451. The Balaban J connectivity index is 2.42. The van der Waals surface area contributed by atoms with Crippen LogP contribution < -0.4 is 0 Å². The van der Waals surface area contributed by atoms with Crippen LogP contribution in [-0.4, -0.2) is 5.11 Å². The highest BCUT2D eigenvalue weighted by Gasteiger charge is 1.99. The highest BCUT2D eigenvalue weighted by molar-refractivity contribution is 5.20. The summed E-state index contributed by atoms with van der Waals surface area (Å²) in [6.07, 6.45) is 6.92. The molecule has 0 aliphatic carbocycles. The predicted octanol–water partition coefficient (Wildman–Crippen LogP) is 3.47. The Morgan fingerprint density at radius 3 is 2.64 bits per heavy atom. The van der Waals surface area contributed by atoms with Gasteiger partial charge in [-0.05, 0) is 12.0 Å². The van der Waals surface area contributed by atoms with Crippen molar-refractivity contribution in [3.63, 3.8) is 0 Å². The second-order valence-electron chi connectivity index (χ2n) is 3.43. The molecule has 1 unspecified atom stereocenters. The van der Waals surface area contributed by atoms with Crippen LogP contribution in [0.4, 0.5) is 0 Å². The van der Waals surface area contributed by atoms with Crippen molar-refractivity contribution >= 4 is 0 Å². The second-order valence-corrected chi connectivity index (χ2v) is 3.43. The van der Waals surface area contributed by atoms with Gasteiger partial charge in [0.15, 0.2) is 0 Å². The zero-order chi connectivity index (χ0) is 10.2. The van der Waals surface area contributed by atoms with Gasteiger partial charge in [-0.15, -0.1) is 0 Å². The lowest BCUT2D eigenvalue weighted by atomic mass is 10.1. The maximum atomic E-state index is 9.73. The molecule has 0 saturated heterocycles. The van der Waals surface area contributed by atoms with Crippen molar-refractivity contribution in [2.45, 2.75) is 32.3 Å². The lowest BCUT2D eigenvalue weighted by Gasteiger charge is -2.04. The Hall–Kier alpha value is -1.08. The fourth-order valence-corrected chi connectivity index (χ4v) is 1.31. The number of aliphatic hydroxyl groups is 1. The summed E-state index contributed by atoms with van der Waals surface area (Å²) in [7, 11) is 0. The average Bonchev–Trinajstić information content (AvgIpc) is 2.25. The molecule has 1 atom stereocenters. The summed E-state index contributed by atoms with van der Waals surface area (Å²) in [6, 6.07) is 9.72. The Bertz CT molecular complexity index is 264. The molecule has 0 aliphatic heterocycles. The van der Waals surface area contributed by atoms with Crippen LogP contribution in [0.1, 0.15) is 37.9 Å². The highest BCUT2D eigenvalue weighted by atomic mass is 16.3. The van der Waals surface area contributed by atoms with E-state index in [1.54, 1.807) is 0 Å². The predicted molar refractivity (Wildman–Crippen MR) is 60.1 cm³/mol. The highest BCUT2D eigenvalue weighted by Crippen LogP contribution is 2.13. The molecule has 1 aromatic carbocycles. The summed E-state index contributed by atoms with van der Waals surface area (Å²) in [5.74, 6) is 0. The third kappa shape index (κ3) is 3.75. The first-order valence-corrected chi connectivity index (χ1v) is 5.24. The molecule has 1 rings (SSSR count). The maximum absolute atomic E-state index is 9.73. The van der Waals surface area contributed by atoms with Gasteiger partial charge in [0.05, 0.1) is 6.10 Å². The number of benzene rings is 1. The smallest absolute Gasteiger partial charge is 0.0971 e. The molecular weight excluding hydrogens is 172 g/mol. The molecule has 0 heterocycles. The van der Waals surface area contributed by atoms with Crippen LogP contribution in [0.15, 0.2) is 42.5 Å². The molecule has 76 valence electrons. The summed E-state index contributed by atoms with van der Waals surface area (Å²) in [6.45, 7) is 2.17. The molecule has 1 N–H and O–H groups in total. The van der Waals surface area contributed by atoms with Gasteiger partial charge < -0.3 is 5.11 Å². The molecule has 0 bridgehead atoms. The SMILES string of the molecule is CCCC/C=C/C(O)c1ccccc1. The van der Waals surface area contributed by atoms with E-state index < -0.39 is 6.10 Å². The van der Waals surface area contributed by atoms with Crippen molar-refractivity contribution in [3.05, 3.63) is 48.0 Å². The van der Waals surface area contributed by atoms with Crippen molar-refractivity contribution in [2.75, 3.05) is 0 Å². The molecule has 14 heavy (non-hydrogen) atoms. The van der Waals surface area contributed by atoms with Crippen molar-refractivity contribution in [2.24, 2.45) is 0 Å². The fourth-order valence-electron chi connectivity index (χ4n) is 1.31. The van der Waals surface area contributed by atoms with E-state index in [1.165, 1.54) is 12.8 Å². The number of rotatable bonds is 5. The zero-order valence-corrected chi connectivity index (χ0v) is 8.69. The molecule has 0 fully saturated rings. The molecule has 1 aromatic rings. The first-order valence-electron chi connectivity index (χ1n) is 5.24. The first-order chi connectivity index (χ1) is 6.84. The van der Waals surface area contributed by atoms with Gasteiger partial charge in [0.25, 0.3) is 0 Å². The van der Waals surface area contributed by atoms with Gasteiger partial charge in [0.2, 0.25) is 0 Å². The Morgan fingerprint density at radius 2 is 2.00 bits per heavy atom. The Labute approximate surface area is 86.1 Å². The topological polar surface area (TPSA) is 20.2 Å². The molecule has 0 amide bonds. The maximum Gasteiger partial charge on any atom is 0.0971 e. The Kier molecular flexibility index (Phi) is 5.02. The summed E-state index contributed by atoms with van der Waals surface area (Å²) in [5, 5.41) is 9.73. The summed E-state index contributed by atoms with van der Waals surface area (Å²) >= 11 is 0. The second kappa shape index (κ2) is 6.39. The van der Waals surface area contributed by atoms with Gasteiger partial charge in [-0.1, -0.05) is 62.2 Å². The minimum atomic E-state index is -0.451. The van der Waals surface area contributed by atoms with Crippen LogP contribution in [-0.2, 0) is 0 Å². The third-order valence-corrected chi connectivity index (χ3v) is 2.18. The van der Waals surface area contributed by atoms with Crippen LogP contribution in [0.25, 0.3) is 0 Å². The lowest BCUT2D eigenvalue weighted by molar-refractivity contribution is 0.228. The monoisotopic (exact) mass is 190 g/mol. The van der Waals surface area contributed by atoms with Crippen molar-refractivity contribution in [1.82, 2.24) is 0 Å². The van der Waals surface area contributed by atoms with Gasteiger partial charge in [-0.25, -0.2) is 0 Å². The number of hydrogen-bond acceptors (Lipinski definition) is 1. The largest absolute Gasteiger partial charge is 0.384 e. The van der Waals surface area contributed by atoms with E-state index in [0.29, 0.717) is 0 Å².